The van der Waals surface area contributed by atoms with Crippen LogP contribution in [0.3, 0.4) is 0 Å². The third kappa shape index (κ3) is 3.87. The van der Waals surface area contributed by atoms with Crippen LogP contribution >= 0.6 is 0 Å². The maximum atomic E-state index is 13.0. The zero-order chi connectivity index (χ0) is 12.3. The van der Waals surface area contributed by atoms with E-state index in [-0.39, 0.29) is 6.04 Å². The number of benzene rings is 1. The van der Waals surface area contributed by atoms with E-state index in [1.165, 1.54) is 6.07 Å². The van der Waals surface area contributed by atoms with Crippen molar-refractivity contribution in [1.29, 1.82) is 0 Å². The maximum Gasteiger partial charge on any atom is 0.159 e. The summed E-state index contributed by atoms with van der Waals surface area (Å²) >= 11 is 0. The van der Waals surface area contributed by atoms with Crippen molar-refractivity contribution in [2.24, 2.45) is 0 Å². The Balaban J connectivity index is 2.66. The summed E-state index contributed by atoms with van der Waals surface area (Å²) in [5.74, 6) is -1.70. The first kappa shape index (κ1) is 13.1. The Morgan fingerprint density at radius 3 is 2.44 bits per heavy atom. The summed E-state index contributed by atoms with van der Waals surface area (Å²) in [6.45, 7) is 5.57. The molecule has 1 unspecified atom stereocenters. The molecule has 1 atom stereocenters. The topological polar surface area (TPSA) is 32.3 Å². The van der Waals surface area contributed by atoms with E-state index in [2.05, 4.69) is 5.32 Å². The minimum Gasteiger partial charge on any atom is -0.389 e. The van der Waals surface area contributed by atoms with Crippen LogP contribution in [0.15, 0.2) is 18.2 Å². The molecule has 1 aromatic carbocycles. The van der Waals surface area contributed by atoms with E-state index in [4.69, 9.17) is 0 Å². The molecule has 1 aromatic rings. The molecule has 0 aliphatic carbocycles. The lowest BCUT2D eigenvalue weighted by Gasteiger charge is -2.22. The fourth-order valence-electron chi connectivity index (χ4n) is 1.30. The highest BCUT2D eigenvalue weighted by molar-refractivity contribution is 5.20. The van der Waals surface area contributed by atoms with E-state index in [9.17, 15) is 13.9 Å². The Morgan fingerprint density at radius 1 is 1.31 bits per heavy atom. The van der Waals surface area contributed by atoms with E-state index in [0.717, 1.165) is 12.1 Å². The van der Waals surface area contributed by atoms with Crippen molar-refractivity contribution in [1.82, 2.24) is 5.32 Å². The molecule has 1 rings (SSSR count). The van der Waals surface area contributed by atoms with Gasteiger partial charge in [-0.05, 0) is 38.5 Å². The first-order chi connectivity index (χ1) is 7.29. The average Bonchev–Trinajstić information content (AvgIpc) is 2.17. The van der Waals surface area contributed by atoms with E-state index >= 15 is 0 Å². The Hall–Kier alpha value is -1.00. The lowest BCUT2D eigenvalue weighted by atomic mass is 10.1. The quantitative estimate of drug-likeness (QED) is 0.830. The number of aliphatic hydroxyl groups is 1. The molecule has 0 radical (unpaired) electrons. The zero-order valence-electron chi connectivity index (χ0n) is 9.72. The molecule has 2 nitrogen and oxygen atoms in total. The summed E-state index contributed by atoms with van der Waals surface area (Å²) in [4.78, 5) is 0. The largest absolute Gasteiger partial charge is 0.389 e. The van der Waals surface area contributed by atoms with Gasteiger partial charge in [-0.3, -0.25) is 0 Å². The molecule has 0 aliphatic rings. The van der Waals surface area contributed by atoms with Crippen LogP contribution in [0.4, 0.5) is 8.78 Å². The predicted molar refractivity (Wildman–Crippen MR) is 59.1 cm³/mol. The molecule has 0 saturated carbocycles. The van der Waals surface area contributed by atoms with Gasteiger partial charge in [-0.25, -0.2) is 8.78 Å². The van der Waals surface area contributed by atoms with Crippen molar-refractivity contribution in [2.45, 2.75) is 32.4 Å². The summed E-state index contributed by atoms with van der Waals surface area (Å²) in [5, 5.41) is 12.6. The lowest BCUT2D eigenvalue weighted by Crippen LogP contribution is -2.36. The Morgan fingerprint density at radius 2 is 1.94 bits per heavy atom. The normalized spacial score (nSPS) is 13.9. The van der Waals surface area contributed by atoms with Crippen LogP contribution in [0, 0.1) is 11.6 Å². The van der Waals surface area contributed by atoms with Crippen LogP contribution in [-0.4, -0.2) is 17.3 Å². The monoisotopic (exact) mass is 229 g/mol. The van der Waals surface area contributed by atoms with E-state index in [1.54, 1.807) is 13.8 Å². The molecule has 0 saturated heterocycles. The first-order valence-corrected chi connectivity index (χ1v) is 5.20. The van der Waals surface area contributed by atoms with E-state index < -0.39 is 17.2 Å². The van der Waals surface area contributed by atoms with Gasteiger partial charge in [-0.1, -0.05) is 6.07 Å². The number of hydrogen-bond donors (Lipinski definition) is 2. The predicted octanol–water partition coefficient (Wildman–Crippen LogP) is 2.39. The van der Waals surface area contributed by atoms with Gasteiger partial charge in [0.25, 0.3) is 0 Å². The number of halogens is 2. The molecule has 0 amide bonds. The van der Waals surface area contributed by atoms with Crippen molar-refractivity contribution in [2.75, 3.05) is 6.54 Å². The van der Waals surface area contributed by atoms with Crippen LogP contribution in [-0.2, 0) is 0 Å². The summed E-state index contributed by atoms with van der Waals surface area (Å²) in [7, 11) is 0. The van der Waals surface area contributed by atoms with Gasteiger partial charge >= 0.3 is 0 Å². The van der Waals surface area contributed by atoms with Crippen molar-refractivity contribution in [3.63, 3.8) is 0 Å². The van der Waals surface area contributed by atoms with Crippen LogP contribution in [0.5, 0.6) is 0 Å². The van der Waals surface area contributed by atoms with Crippen LogP contribution in [0.1, 0.15) is 32.4 Å². The van der Waals surface area contributed by atoms with Crippen molar-refractivity contribution >= 4 is 0 Å². The van der Waals surface area contributed by atoms with Gasteiger partial charge in [0, 0.05) is 12.6 Å². The number of hydrogen-bond acceptors (Lipinski definition) is 2. The molecular weight excluding hydrogens is 212 g/mol. The molecule has 90 valence electrons. The fraction of sp³-hybridized carbons (Fsp3) is 0.500. The van der Waals surface area contributed by atoms with Crippen LogP contribution in [0.2, 0.25) is 0 Å². The van der Waals surface area contributed by atoms with Gasteiger partial charge in [0.1, 0.15) is 0 Å². The third-order valence-electron chi connectivity index (χ3n) is 2.28. The number of nitrogens with one attached hydrogen (secondary N) is 1. The maximum absolute atomic E-state index is 13.0. The fourth-order valence-corrected chi connectivity index (χ4v) is 1.30. The highest BCUT2D eigenvalue weighted by Crippen LogP contribution is 2.16. The SMILES string of the molecule is CC(NCC(C)(C)O)c1ccc(F)c(F)c1. The average molecular weight is 229 g/mol. The molecule has 0 aliphatic heterocycles. The molecule has 0 spiro atoms. The van der Waals surface area contributed by atoms with Gasteiger partial charge in [0.05, 0.1) is 5.60 Å². The Kier molecular flexibility index (Phi) is 3.99. The van der Waals surface area contributed by atoms with Gasteiger partial charge in [-0.15, -0.1) is 0 Å². The summed E-state index contributed by atoms with van der Waals surface area (Å²) in [6.07, 6.45) is 0. The summed E-state index contributed by atoms with van der Waals surface area (Å²) in [5.41, 5.74) is -0.171. The second-order valence-corrected chi connectivity index (χ2v) is 4.59. The molecule has 2 N–H and O–H groups in total. The third-order valence-corrected chi connectivity index (χ3v) is 2.28. The minimum atomic E-state index is -0.852. The molecule has 0 heterocycles. The summed E-state index contributed by atoms with van der Waals surface area (Å²) < 4.78 is 25.7. The molecule has 0 fully saturated rings. The minimum absolute atomic E-state index is 0.137. The standard InChI is InChI=1S/C12H17F2NO/c1-8(15-7-12(2,3)16)9-4-5-10(13)11(14)6-9/h4-6,8,15-16H,7H2,1-3H3. The van der Waals surface area contributed by atoms with Crippen molar-refractivity contribution < 1.29 is 13.9 Å². The highest BCUT2D eigenvalue weighted by Gasteiger charge is 2.15. The molecule has 4 heteroatoms. The molecule has 0 bridgehead atoms. The van der Waals surface area contributed by atoms with E-state index in [0.29, 0.717) is 12.1 Å². The van der Waals surface area contributed by atoms with Crippen LogP contribution in [0.25, 0.3) is 0 Å². The van der Waals surface area contributed by atoms with Crippen LogP contribution < -0.4 is 5.32 Å². The molecule has 16 heavy (non-hydrogen) atoms. The van der Waals surface area contributed by atoms with Crippen molar-refractivity contribution in [3.8, 4) is 0 Å². The molecule has 0 aromatic heterocycles. The Bertz CT molecular complexity index is 361. The first-order valence-electron chi connectivity index (χ1n) is 5.20. The summed E-state index contributed by atoms with van der Waals surface area (Å²) in [6, 6.07) is 3.66. The second kappa shape index (κ2) is 4.89. The van der Waals surface area contributed by atoms with Gasteiger partial charge < -0.3 is 10.4 Å². The smallest absolute Gasteiger partial charge is 0.159 e. The highest BCUT2D eigenvalue weighted by atomic mass is 19.2. The Labute approximate surface area is 94.3 Å². The lowest BCUT2D eigenvalue weighted by molar-refractivity contribution is 0.0770. The van der Waals surface area contributed by atoms with Gasteiger partial charge in [-0.2, -0.15) is 0 Å². The second-order valence-electron chi connectivity index (χ2n) is 4.59. The van der Waals surface area contributed by atoms with Gasteiger partial charge in [0.2, 0.25) is 0 Å². The molecular formula is C12H17F2NO. The zero-order valence-corrected chi connectivity index (χ0v) is 9.72. The van der Waals surface area contributed by atoms with Gasteiger partial charge in [0.15, 0.2) is 11.6 Å². The number of rotatable bonds is 4. The van der Waals surface area contributed by atoms with Crippen molar-refractivity contribution in [3.05, 3.63) is 35.4 Å². The van der Waals surface area contributed by atoms with E-state index in [1.807, 2.05) is 6.92 Å².